The van der Waals surface area contributed by atoms with E-state index in [9.17, 15) is 4.79 Å². The molecule has 1 atom stereocenters. The average molecular weight is 273 g/mol. The number of amides is 1. The number of hydrogen-bond donors (Lipinski definition) is 2. The first-order chi connectivity index (χ1) is 9.59. The maximum atomic E-state index is 11.9. The van der Waals surface area contributed by atoms with Gasteiger partial charge in [-0.2, -0.15) is 15.4 Å². The molecule has 20 heavy (non-hydrogen) atoms. The molecule has 2 N–H and O–H groups in total. The summed E-state index contributed by atoms with van der Waals surface area (Å²) in [6.07, 6.45) is 1.41. The quantitative estimate of drug-likeness (QED) is 0.857. The number of likely N-dealkylation sites (N-methyl/N-ethyl adjacent to an activating group) is 1. The molecule has 0 spiro atoms. The van der Waals surface area contributed by atoms with Crippen LogP contribution in [0.15, 0.2) is 30.5 Å². The molecule has 0 aliphatic rings. The number of hydrogen-bond acceptors (Lipinski definition) is 4. The van der Waals surface area contributed by atoms with E-state index in [0.29, 0.717) is 12.2 Å². The summed E-state index contributed by atoms with van der Waals surface area (Å²) in [5.74, 6) is -0.223. The van der Waals surface area contributed by atoms with Gasteiger partial charge in [-0.3, -0.25) is 4.79 Å². The van der Waals surface area contributed by atoms with Crippen molar-refractivity contribution >= 4 is 5.91 Å². The summed E-state index contributed by atoms with van der Waals surface area (Å²) in [6.45, 7) is 2.59. The van der Waals surface area contributed by atoms with Crippen molar-refractivity contribution in [3.8, 4) is 0 Å². The normalized spacial score (nSPS) is 12.4. The zero-order valence-electron chi connectivity index (χ0n) is 11.9. The van der Waals surface area contributed by atoms with Gasteiger partial charge in [0, 0.05) is 6.54 Å². The molecule has 1 aromatic carbocycles. The molecular formula is C14H19N5O. The number of H-pyrrole nitrogens is 1. The Balaban J connectivity index is 2.08. The van der Waals surface area contributed by atoms with Crippen LogP contribution >= 0.6 is 0 Å². The molecule has 0 unspecified atom stereocenters. The molecule has 1 aromatic heterocycles. The highest BCUT2D eigenvalue weighted by molar-refractivity contribution is 5.91. The Bertz CT molecular complexity index is 565. The molecular weight excluding hydrogens is 254 g/mol. The summed E-state index contributed by atoms with van der Waals surface area (Å²) < 4.78 is 0. The van der Waals surface area contributed by atoms with E-state index < -0.39 is 0 Å². The van der Waals surface area contributed by atoms with Crippen molar-refractivity contribution in [1.82, 2.24) is 25.6 Å². The van der Waals surface area contributed by atoms with Crippen LogP contribution in [0.5, 0.6) is 0 Å². The first-order valence-electron chi connectivity index (χ1n) is 6.45. The number of aromatic amines is 1. The van der Waals surface area contributed by atoms with Crippen LogP contribution in [0.25, 0.3) is 0 Å². The lowest BCUT2D eigenvalue weighted by molar-refractivity contribution is 0.0936. The molecule has 2 rings (SSSR count). The first kappa shape index (κ1) is 14.2. The van der Waals surface area contributed by atoms with E-state index in [-0.39, 0.29) is 11.9 Å². The monoisotopic (exact) mass is 273 g/mol. The summed E-state index contributed by atoms with van der Waals surface area (Å²) in [4.78, 5) is 14.0. The van der Waals surface area contributed by atoms with Crippen LogP contribution in [0, 0.1) is 6.92 Å². The summed E-state index contributed by atoms with van der Waals surface area (Å²) in [7, 11) is 4.00. The molecule has 0 aliphatic carbocycles. The van der Waals surface area contributed by atoms with Crippen molar-refractivity contribution in [2.24, 2.45) is 0 Å². The van der Waals surface area contributed by atoms with E-state index >= 15 is 0 Å². The molecule has 1 heterocycles. The van der Waals surface area contributed by atoms with E-state index in [1.54, 1.807) is 0 Å². The second kappa shape index (κ2) is 6.29. The van der Waals surface area contributed by atoms with Gasteiger partial charge < -0.3 is 10.2 Å². The highest BCUT2D eigenvalue weighted by atomic mass is 16.2. The summed E-state index contributed by atoms with van der Waals surface area (Å²) >= 11 is 0. The number of carbonyl (C=O) groups is 1. The number of carbonyl (C=O) groups excluding carboxylic acids is 1. The van der Waals surface area contributed by atoms with Crippen LogP contribution in [0.3, 0.4) is 0 Å². The van der Waals surface area contributed by atoms with Crippen LogP contribution in [-0.4, -0.2) is 46.9 Å². The number of nitrogens with one attached hydrogen (secondary N) is 2. The molecule has 6 heteroatoms. The molecule has 6 nitrogen and oxygen atoms in total. The molecule has 0 saturated carbocycles. The predicted molar refractivity (Wildman–Crippen MR) is 76.3 cm³/mol. The topological polar surface area (TPSA) is 73.9 Å². The van der Waals surface area contributed by atoms with Gasteiger partial charge in [0.1, 0.15) is 0 Å². The number of aryl methyl sites for hydroxylation is 1. The maximum Gasteiger partial charge on any atom is 0.273 e. The fourth-order valence-electron chi connectivity index (χ4n) is 2.12. The van der Waals surface area contributed by atoms with Gasteiger partial charge in [0.05, 0.1) is 12.2 Å². The molecule has 0 aliphatic heterocycles. The Hall–Kier alpha value is -2.21. The highest BCUT2D eigenvalue weighted by Crippen LogP contribution is 2.20. The van der Waals surface area contributed by atoms with Gasteiger partial charge in [0.2, 0.25) is 0 Å². The van der Waals surface area contributed by atoms with Crippen LogP contribution in [0.2, 0.25) is 0 Å². The van der Waals surface area contributed by atoms with E-state index in [1.807, 2.05) is 26.2 Å². The number of rotatable bonds is 5. The lowest BCUT2D eigenvalue weighted by Gasteiger charge is -2.26. The van der Waals surface area contributed by atoms with Crippen molar-refractivity contribution in [2.45, 2.75) is 13.0 Å². The van der Waals surface area contributed by atoms with Crippen molar-refractivity contribution in [2.75, 3.05) is 20.6 Å². The van der Waals surface area contributed by atoms with E-state index in [1.165, 1.54) is 17.3 Å². The molecule has 0 saturated heterocycles. The fraction of sp³-hybridized carbons (Fsp3) is 0.357. The standard InChI is InChI=1S/C14H19N5O/c1-10-6-4-5-7-11(10)13(19(2)3)9-15-14(20)12-8-16-18-17-12/h4-8,13H,9H2,1-3H3,(H,15,20)(H,16,17,18)/t13-/m0/s1. The van der Waals surface area contributed by atoms with E-state index in [0.717, 1.165) is 0 Å². The second-order valence-corrected chi connectivity index (χ2v) is 4.90. The third-order valence-electron chi connectivity index (χ3n) is 3.27. The van der Waals surface area contributed by atoms with Crippen molar-refractivity contribution in [3.05, 3.63) is 47.3 Å². The van der Waals surface area contributed by atoms with Gasteiger partial charge in [-0.05, 0) is 32.1 Å². The zero-order valence-corrected chi connectivity index (χ0v) is 11.9. The van der Waals surface area contributed by atoms with E-state index in [4.69, 9.17) is 0 Å². The van der Waals surface area contributed by atoms with Gasteiger partial charge in [-0.25, -0.2) is 0 Å². The average Bonchev–Trinajstić information content (AvgIpc) is 2.94. The number of benzene rings is 1. The predicted octanol–water partition coefficient (Wildman–Crippen LogP) is 1.15. The largest absolute Gasteiger partial charge is 0.349 e. The van der Waals surface area contributed by atoms with Gasteiger partial charge in [0.25, 0.3) is 5.91 Å². The Morgan fingerprint density at radius 2 is 2.15 bits per heavy atom. The van der Waals surface area contributed by atoms with E-state index in [2.05, 4.69) is 44.7 Å². The third-order valence-corrected chi connectivity index (χ3v) is 3.27. The minimum absolute atomic E-state index is 0.118. The molecule has 0 bridgehead atoms. The first-order valence-corrected chi connectivity index (χ1v) is 6.45. The van der Waals surface area contributed by atoms with Crippen LogP contribution in [0.1, 0.15) is 27.7 Å². The zero-order chi connectivity index (χ0) is 14.5. The highest BCUT2D eigenvalue weighted by Gasteiger charge is 2.18. The summed E-state index contributed by atoms with van der Waals surface area (Å²) in [5, 5.41) is 12.7. The lowest BCUT2D eigenvalue weighted by Crippen LogP contribution is -2.35. The number of aromatic nitrogens is 3. The lowest BCUT2D eigenvalue weighted by atomic mass is 10.0. The second-order valence-electron chi connectivity index (χ2n) is 4.90. The van der Waals surface area contributed by atoms with Gasteiger partial charge in [0.15, 0.2) is 5.69 Å². The van der Waals surface area contributed by atoms with Gasteiger partial charge >= 0.3 is 0 Å². The minimum atomic E-state index is -0.223. The Labute approximate surface area is 118 Å². The van der Waals surface area contributed by atoms with Gasteiger partial charge in [-0.15, -0.1) is 0 Å². The van der Waals surface area contributed by atoms with Crippen molar-refractivity contribution < 1.29 is 4.79 Å². The maximum absolute atomic E-state index is 11.9. The molecule has 2 aromatic rings. The minimum Gasteiger partial charge on any atom is -0.349 e. The van der Waals surface area contributed by atoms with Crippen LogP contribution in [-0.2, 0) is 0 Å². The number of nitrogens with zero attached hydrogens (tertiary/aromatic N) is 3. The molecule has 0 radical (unpaired) electrons. The smallest absolute Gasteiger partial charge is 0.273 e. The summed E-state index contributed by atoms with van der Waals surface area (Å²) in [5.41, 5.74) is 2.71. The third kappa shape index (κ3) is 3.21. The van der Waals surface area contributed by atoms with Crippen LogP contribution < -0.4 is 5.32 Å². The molecule has 0 fully saturated rings. The SMILES string of the molecule is Cc1ccccc1[C@H](CNC(=O)c1cn[nH]n1)N(C)C. The Morgan fingerprint density at radius 3 is 2.75 bits per heavy atom. The van der Waals surface area contributed by atoms with Crippen molar-refractivity contribution in [3.63, 3.8) is 0 Å². The van der Waals surface area contributed by atoms with Crippen LogP contribution in [0.4, 0.5) is 0 Å². The van der Waals surface area contributed by atoms with Crippen molar-refractivity contribution in [1.29, 1.82) is 0 Å². The molecule has 1 amide bonds. The molecule has 106 valence electrons. The summed E-state index contributed by atoms with van der Waals surface area (Å²) in [6, 6.07) is 8.30. The fourth-order valence-corrected chi connectivity index (χ4v) is 2.12. The Kier molecular flexibility index (Phi) is 4.47. The van der Waals surface area contributed by atoms with Gasteiger partial charge in [-0.1, -0.05) is 24.3 Å². The Morgan fingerprint density at radius 1 is 1.40 bits per heavy atom.